The lowest BCUT2D eigenvalue weighted by molar-refractivity contribution is -0.160. The summed E-state index contributed by atoms with van der Waals surface area (Å²) in [6.45, 7) is 13.7. The Labute approximate surface area is 181 Å². The quantitative estimate of drug-likeness (QED) is 0.642. The van der Waals surface area contributed by atoms with Crippen LogP contribution >= 0.6 is 15.9 Å². The topological polar surface area (TPSA) is 73.2 Å². The van der Waals surface area contributed by atoms with Crippen LogP contribution in [0.3, 0.4) is 0 Å². The van der Waals surface area contributed by atoms with Gasteiger partial charge in [-0.25, -0.2) is 9.48 Å². The molecule has 6 nitrogen and oxygen atoms in total. The highest BCUT2D eigenvalue weighted by Crippen LogP contribution is 2.48. The summed E-state index contributed by atoms with van der Waals surface area (Å²) in [7, 11) is 0. The van der Waals surface area contributed by atoms with Crippen molar-refractivity contribution in [3.05, 3.63) is 21.0 Å². The lowest BCUT2D eigenvalue weighted by Gasteiger charge is -2.50. The van der Waals surface area contributed by atoms with Gasteiger partial charge >= 0.3 is 5.97 Å². The van der Waals surface area contributed by atoms with Gasteiger partial charge in [-0.2, -0.15) is 5.10 Å². The number of aromatic nitrogens is 2. The maximum Gasteiger partial charge on any atom is 0.334 e. The van der Waals surface area contributed by atoms with Crippen LogP contribution in [0.2, 0.25) is 0 Å². The van der Waals surface area contributed by atoms with Crippen molar-refractivity contribution in [3.8, 4) is 0 Å². The van der Waals surface area contributed by atoms with Crippen LogP contribution in [0.5, 0.6) is 0 Å². The summed E-state index contributed by atoms with van der Waals surface area (Å²) in [6.07, 6.45) is 4.77. The van der Waals surface area contributed by atoms with E-state index in [1.165, 1.54) is 4.68 Å². The number of hydrogen-bond donors (Lipinski definition) is 1. The van der Waals surface area contributed by atoms with Crippen molar-refractivity contribution >= 4 is 27.6 Å². The third-order valence-corrected chi connectivity index (χ3v) is 8.74. The van der Waals surface area contributed by atoms with E-state index >= 15 is 0 Å². The fourth-order valence-corrected chi connectivity index (χ4v) is 5.27. The Kier molecular flexibility index (Phi) is 6.19. The smallest absolute Gasteiger partial charge is 0.334 e. The third-order valence-electron chi connectivity index (χ3n) is 7.98. The molecule has 0 aliphatic heterocycles. The molecule has 1 aromatic heterocycles. The molecule has 2 aliphatic carbocycles. The summed E-state index contributed by atoms with van der Waals surface area (Å²) < 4.78 is 6.99. The Hall–Kier alpha value is -1.37. The lowest BCUT2D eigenvalue weighted by Crippen LogP contribution is -2.54. The minimum Gasteiger partial charge on any atom is -0.464 e. The van der Waals surface area contributed by atoms with E-state index in [0.29, 0.717) is 47.4 Å². The molecule has 0 unspecified atom stereocenters. The Morgan fingerprint density at radius 1 is 1.34 bits per heavy atom. The van der Waals surface area contributed by atoms with Crippen LogP contribution in [-0.2, 0) is 15.1 Å². The number of halogens is 1. The Balaban J connectivity index is 1.87. The Bertz CT molecular complexity index is 831. The van der Waals surface area contributed by atoms with Crippen LogP contribution in [-0.4, -0.2) is 28.4 Å². The molecular formula is C22H34BrN3O3. The van der Waals surface area contributed by atoms with Gasteiger partial charge in [0.15, 0.2) is 5.54 Å². The van der Waals surface area contributed by atoms with Crippen LogP contribution in [0.15, 0.2) is 15.5 Å². The van der Waals surface area contributed by atoms with Crippen molar-refractivity contribution in [2.45, 2.75) is 78.8 Å². The van der Waals surface area contributed by atoms with Gasteiger partial charge in [-0.3, -0.25) is 4.79 Å². The van der Waals surface area contributed by atoms with Gasteiger partial charge in [0, 0.05) is 6.04 Å². The van der Waals surface area contributed by atoms with Crippen LogP contribution < -0.4 is 10.9 Å². The van der Waals surface area contributed by atoms with Crippen molar-refractivity contribution in [3.63, 3.8) is 0 Å². The number of ether oxygens (including phenoxy) is 1. The molecule has 1 N–H and O–H groups in total. The predicted molar refractivity (Wildman–Crippen MR) is 118 cm³/mol. The first-order valence-electron chi connectivity index (χ1n) is 10.8. The second-order valence-corrected chi connectivity index (χ2v) is 10.3. The van der Waals surface area contributed by atoms with E-state index < -0.39 is 5.54 Å². The molecule has 1 heterocycles. The van der Waals surface area contributed by atoms with Crippen molar-refractivity contribution < 1.29 is 9.53 Å². The summed E-state index contributed by atoms with van der Waals surface area (Å²) in [6, 6.07) is 0.268. The van der Waals surface area contributed by atoms with E-state index in [-0.39, 0.29) is 23.0 Å². The standard InChI is InChI=1S/C22H34BrN3O3/c1-7-29-20(28)22(9-8-10-22)26-19(27)18(23)17(12-24-26)25-16-11-13(2)21(5,6)15(4)14(16)3/h12-16,25H,7-11H2,1-6H3/t13-,14+,15+,16+/m0/s1. The molecule has 162 valence electrons. The average molecular weight is 468 g/mol. The molecule has 0 aromatic carbocycles. The molecule has 4 atom stereocenters. The van der Waals surface area contributed by atoms with E-state index in [2.05, 4.69) is 61.0 Å². The number of carbonyl (C=O) groups excluding carboxylic acids is 1. The first kappa shape index (κ1) is 22.3. The molecule has 3 rings (SSSR count). The van der Waals surface area contributed by atoms with Crippen LogP contribution in [0.4, 0.5) is 5.69 Å². The molecule has 0 saturated heterocycles. The molecule has 2 saturated carbocycles. The van der Waals surface area contributed by atoms with Gasteiger partial charge in [0.1, 0.15) is 4.47 Å². The molecular weight excluding hydrogens is 434 g/mol. The van der Waals surface area contributed by atoms with E-state index in [1.54, 1.807) is 13.1 Å². The number of rotatable bonds is 5. The molecule has 2 aliphatic rings. The monoisotopic (exact) mass is 467 g/mol. The lowest BCUT2D eigenvalue weighted by atomic mass is 9.58. The second-order valence-electron chi connectivity index (χ2n) is 9.55. The fraction of sp³-hybridized carbons (Fsp3) is 0.773. The third kappa shape index (κ3) is 3.64. The maximum absolute atomic E-state index is 13.1. The average Bonchev–Trinajstić information content (AvgIpc) is 2.63. The molecule has 0 bridgehead atoms. The zero-order valence-electron chi connectivity index (χ0n) is 18.4. The second kappa shape index (κ2) is 8.05. The molecule has 2 fully saturated rings. The van der Waals surface area contributed by atoms with E-state index in [4.69, 9.17) is 4.74 Å². The van der Waals surface area contributed by atoms with Crippen molar-refractivity contribution in [1.29, 1.82) is 0 Å². The van der Waals surface area contributed by atoms with E-state index in [1.807, 2.05) is 0 Å². The molecule has 0 radical (unpaired) electrons. The van der Waals surface area contributed by atoms with Gasteiger partial charge in [-0.15, -0.1) is 0 Å². The number of anilines is 1. The number of hydrogen-bond acceptors (Lipinski definition) is 5. The van der Waals surface area contributed by atoms with Gasteiger partial charge < -0.3 is 10.1 Å². The zero-order chi connectivity index (χ0) is 21.6. The van der Waals surface area contributed by atoms with Crippen molar-refractivity contribution in [2.75, 3.05) is 11.9 Å². The fourth-order valence-electron chi connectivity index (χ4n) is 4.88. The first-order valence-corrected chi connectivity index (χ1v) is 11.6. The number of esters is 1. The number of nitrogens with one attached hydrogen (secondary N) is 1. The molecule has 29 heavy (non-hydrogen) atoms. The Morgan fingerprint density at radius 3 is 2.55 bits per heavy atom. The minimum absolute atomic E-state index is 0.268. The minimum atomic E-state index is -0.959. The van der Waals surface area contributed by atoms with Crippen LogP contribution in [0, 0.1) is 23.2 Å². The van der Waals surface area contributed by atoms with Gasteiger partial charge in [0.2, 0.25) is 0 Å². The molecule has 1 aromatic rings. The SMILES string of the molecule is CCOC(=O)C1(n2ncc(N[C@@H]3C[C@H](C)C(C)(C)[C@H](C)[C@H]3C)c(Br)c2=O)CCC1. The first-order chi connectivity index (χ1) is 13.6. The largest absolute Gasteiger partial charge is 0.464 e. The highest BCUT2D eigenvalue weighted by molar-refractivity contribution is 9.10. The highest BCUT2D eigenvalue weighted by atomic mass is 79.9. The van der Waals surface area contributed by atoms with E-state index in [9.17, 15) is 9.59 Å². The van der Waals surface area contributed by atoms with Crippen LogP contribution in [0.25, 0.3) is 0 Å². The predicted octanol–water partition coefficient (Wildman–Crippen LogP) is 4.57. The Morgan fingerprint density at radius 2 is 2.00 bits per heavy atom. The highest BCUT2D eigenvalue weighted by Gasteiger charge is 2.49. The van der Waals surface area contributed by atoms with Crippen molar-refractivity contribution in [1.82, 2.24) is 9.78 Å². The normalized spacial score (nSPS) is 30.3. The molecule has 7 heteroatoms. The zero-order valence-corrected chi connectivity index (χ0v) is 20.0. The number of carbonyl (C=O) groups is 1. The van der Waals surface area contributed by atoms with Crippen molar-refractivity contribution in [2.24, 2.45) is 23.2 Å². The summed E-state index contributed by atoms with van der Waals surface area (Å²) >= 11 is 3.48. The summed E-state index contributed by atoms with van der Waals surface area (Å²) in [5.74, 6) is 1.23. The summed E-state index contributed by atoms with van der Waals surface area (Å²) in [5.41, 5.74) is -0.264. The summed E-state index contributed by atoms with van der Waals surface area (Å²) in [4.78, 5) is 25.6. The van der Waals surface area contributed by atoms with Gasteiger partial charge in [0.25, 0.3) is 5.56 Å². The maximum atomic E-state index is 13.1. The van der Waals surface area contributed by atoms with Gasteiger partial charge in [0.05, 0.1) is 18.5 Å². The van der Waals surface area contributed by atoms with E-state index in [0.717, 1.165) is 12.8 Å². The number of nitrogens with zero attached hydrogens (tertiary/aromatic N) is 2. The van der Waals surface area contributed by atoms with Gasteiger partial charge in [-0.05, 0) is 71.7 Å². The molecule has 0 spiro atoms. The summed E-state index contributed by atoms with van der Waals surface area (Å²) in [5, 5.41) is 7.97. The molecule has 0 amide bonds. The van der Waals surface area contributed by atoms with Gasteiger partial charge in [-0.1, -0.05) is 34.6 Å². The van der Waals surface area contributed by atoms with Crippen LogP contribution in [0.1, 0.15) is 67.2 Å².